The predicted octanol–water partition coefficient (Wildman–Crippen LogP) is -0.597. The van der Waals surface area contributed by atoms with Gasteiger partial charge < -0.3 is 21.8 Å². The first-order chi connectivity index (χ1) is 15.7. The number of H-pyrrole nitrogens is 1. The van der Waals surface area contributed by atoms with E-state index in [9.17, 15) is 12.6 Å². The molecule has 0 bridgehead atoms. The molecule has 11 N–H and O–H groups in total. The summed E-state index contributed by atoms with van der Waals surface area (Å²) in [4.78, 5) is 6.85. The molecule has 0 amide bonds. The number of nitrogens with one attached hydrogen (secondary N) is 3. The molecule has 2 aromatic carbocycles. The van der Waals surface area contributed by atoms with Gasteiger partial charge in [-0.15, -0.1) is 5.10 Å². The standard InChI is InChI=1S/C19H25N9O3S2/c20-18(27-28-22)16-12(10-1-3-13-14(9-10)26-19(21)25-13)2-4-15(17(16)33(23,30)31)32(29)11-5-7-24-8-6-11/h1-4,9,11,24,28H,5-8,22H2,(H2,20,27)(H3,21,25,26)(H2,23,30,31). The van der Waals surface area contributed by atoms with E-state index in [1.165, 1.54) is 6.07 Å². The number of hydrogen-bond donors (Lipinski definition) is 7. The fourth-order valence-corrected chi connectivity index (χ4v) is 6.96. The minimum atomic E-state index is -4.36. The number of sulfonamides is 1. The summed E-state index contributed by atoms with van der Waals surface area (Å²) in [7, 11) is -5.99. The van der Waals surface area contributed by atoms with Gasteiger partial charge in [-0.25, -0.2) is 29.9 Å². The smallest absolute Gasteiger partial charge is 0.240 e. The van der Waals surface area contributed by atoms with Gasteiger partial charge in [0.05, 0.1) is 26.7 Å². The number of hydrazone groups is 1. The molecule has 1 fully saturated rings. The summed E-state index contributed by atoms with van der Waals surface area (Å²) < 4.78 is 39.1. The first-order valence-electron chi connectivity index (χ1n) is 10.1. The van der Waals surface area contributed by atoms with Gasteiger partial charge in [-0.2, -0.15) is 0 Å². The number of imidazole rings is 1. The minimum Gasteiger partial charge on any atom is -0.382 e. The molecule has 1 saturated heterocycles. The molecule has 1 atom stereocenters. The maximum absolute atomic E-state index is 13.4. The maximum atomic E-state index is 13.4. The Hall–Kier alpha value is -3.04. The second-order valence-corrected chi connectivity index (χ2v) is 10.8. The molecule has 0 aliphatic carbocycles. The fraction of sp³-hybridized carbons (Fsp3) is 0.263. The topological polar surface area (TPSA) is 220 Å². The Bertz CT molecular complexity index is 1360. The lowest BCUT2D eigenvalue weighted by molar-refractivity contribution is 0.519. The van der Waals surface area contributed by atoms with E-state index >= 15 is 0 Å². The Morgan fingerprint density at radius 3 is 2.61 bits per heavy atom. The Morgan fingerprint density at radius 2 is 1.94 bits per heavy atom. The van der Waals surface area contributed by atoms with Crippen LogP contribution in [0.1, 0.15) is 18.4 Å². The molecule has 1 aromatic heterocycles. The van der Waals surface area contributed by atoms with Crippen molar-refractivity contribution in [3.63, 3.8) is 0 Å². The zero-order chi connectivity index (χ0) is 23.8. The fourth-order valence-electron chi connectivity index (χ4n) is 4.01. The summed E-state index contributed by atoms with van der Waals surface area (Å²) >= 11 is 0. The highest BCUT2D eigenvalue weighted by molar-refractivity contribution is 7.91. The van der Waals surface area contributed by atoms with Crippen LogP contribution in [0.5, 0.6) is 0 Å². The van der Waals surface area contributed by atoms with Gasteiger partial charge in [-0.3, -0.25) is 4.21 Å². The average molecular weight is 492 g/mol. The summed E-state index contributed by atoms with van der Waals surface area (Å²) in [6.07, 6.45) is 1.28. The lowest BCUT2D eigenvalue weighted by Gasteiger charge is -2.24. The number of aromatic nitrogens is 2. The molecule has 2 heterocycles. The molecule has 12 nitrogen and oxygen atoms in total. The Kier molecular flexibility index (Phi) is 6.36. The van der Waals surface area contributed by atoms with Gasteiger partial charge in [0.25, 0.3) is 0 Å². The molecular formula is C19H25N9O3S2. The highest BCUT2D eigenvalue weighted by atomic mass is 32.2. The zero-order valence-corrected chi connectivity index (χ0v) is 19.2. The quantitative estimate of drug-likeness (QED) is 0.101. The van der Waals surface area contributed by atoms with E-state index < -0.39 is 20.8 Å². The molecule has 4 rings (SSSR count). The monoisotopic (exact) mass is 491 g/mol. The van der Waals surface area contributed by atoms with Crippen molar-refractivity contribution in [2.75, 3.05) is 18.8 Å². The van der Waals surface area contributed by atoms with Crippen LogP contribution in [0.3, 0.4) is 0 Å². The minimum absolute atomic E-state index is 0.0158. The van der Waals surface area contributed by atoms with Crippen LogP contribution >= 0.6 is 0 Å². The van der Waals surface area contributed by atoms with Crippen molar-refractivity contribution in [2.24, 2.45) is 21.8 Å². The number of nitrogens with zero attached hydrogens (tertiary/aromatic N) is 2. The maximum Gasteiger partial charge on any atom is 0.240 e. The van der Waals surface area contributed by atoms with Crippen molar-refractivity contribution in [1.29, 1.82) is 0 Å². The Labute approximate surface area is 192 Å². The van der Waals surface area contributed by atoms with Crippen molar-refractivity contribution in [3.05, 3.63) is 35.9 Å². The number of nitrogen functional groups attached to an aromatic ring is 1. The van der Waals surface area contributed by atoms with Gasteiger partial charge in [0.2, 0.25) is 10.0 Å². The van der Waals surface area contributed by atoms with Crippen molar-refractivity contribution < 1.29 is 12.6 Å². The number of aromatic amines is 1. The third-order valence-electron chi connectivity index (χ3n) is 5.46. The lowest BCUT2D eigenvalue weighted by atomic mass is 9.98. The second-order valence-electron chi connectivity index (χ2n) is 7.59. The van der Waals surface area contributed by atoms with E-state index in [-0.39, 0.29) is 32.4 Å². The van der Waals surface area contributed by atoms with Crippen molar-refractivity contribution in [2.45, 2.75) is 27.9 Å². The van der Waals surface area contributed by atoms with Gasteiger partial charge in [-0.05, 0) is 55.3 Å². The second kappa shape index (κ2) is 9.07. The molecular weight excluding hydrogens is 466 g/mol. The van der Waals surface area contributed by atoms with Crippen LogP contribution in [-0.2, 0) is 20.8 Å². The first-order valence-corrected chi connectivity index (χ1v) is 12.8. The van der Waals surface area contributed by atoms with Crippen LogP contribution in [-0.4, -0.2) is 46.8 Å². The number of anilines is 1. The predicted molar refractivity (Wildman–Crippen MR) is 128 cm³/mol. The molecule has 3 aromatic rings. The van der Waals surface area contributed by atoms with E-state index in [4.69, 9.17) is 22.4 Å². The first kappa shape index (κ1) is 23.1. The van der Waals surface area contributed by atoms with Gasteiger partial charge in [0.15, 0.2) is 11.8 Å². The number of primary sulfonamides is 1. The summed E-state index contributed by atoms with van der Waals surface area (Å²) in [6.45, 7) is 1.39. The number of rotatable bonds is 6. The number of fused-ring (bicyclic) bond motifs is 1. The van der Waals surface area contributed by atoms with Crippen molar-refractivity contribution in [3.8, 4) is 11.1 Å². The molecule has 0 spiro atoms. The molecule has 1 unspecified atom stereocenters. The van der Waals surface area contributed by atoms with E-state index in [1.807, 2.05) is 0 Å². The number of piperidine rings is 1. The highest BCUT2D eigenvalue weighted by Crippen LogP contribution is 2.35. The van der Waals surface area contributed by atoms with Crippen molar-refractivity contribution in [1.82, 2.24) is 20.8 Å². The van der Waals surface area contributed by atoms with E-state index in [2.05, 4.69) is 25.9 Å². The van der Waals surface area contributed by atoms with E-state index in [1.54, 1.807) is 24.3 Å². The SMILES string of the molecule is NN/N=C(\N)c1c(-c2ccc3nc(N)[nH]c3c2)ccc(S(=O)C2CCNCC2)c1S(N)(=O)=O. The summed E-state index contributed by atoms with van der Waals surface area (Å²) in [5.74, 6) is 5.34. The van der Waals surface area contributed by atoms with E-state index in [0.29, 0.717) is 48.1 Å². The van der Waals surface area contributed by atoms with Crippen LogP contribution < -0.4 is 33.3 Å². The lowest BCUT2D eigenvalue weighted by Crippen LogP contribution is -2.34. The molecule has 1 aliphatic rings. The molecule has 0 radical (unpaired) electrons. The van der Waals surface area contributed by atoms with Crippen LogP contribution in [0, 0.1) is 0 Å². The zero-order valence-electron chi connectivity index (χ0n) is 17.5. The van der Waals surface area contributed by atoms with Gasteiger partial charge in [-0.1, -0.05) is 12.1 Å². The highest BCUT2D eigenvalue weighted by Gasteiger charge is 2.31. The molecule has 1 aliphatic heterocycles. The summed E-state index contributed by atoms with van der Waals surface area (Å²) in [5, 5.41) is 12.4. The number of hydrazine groups is 1. The normalized spacial score (nSPS) is 16.7. The molecule has 14 heteroatoms. The van der Waals surface area contributed by atoms with Crippen LogP contribution in [0.4, 0.5) is 5.95 Å². The van der Waals surface area contributed by atoms with Crippen LogP contribution in [0.25, 0.3) is 22.2 Å². The summed E-state index contributed by atoms with van der Waals surface area (Å²) in [6, 6.07) is 8.38. The van der Waals surface area contributed by atoms with Crippen LogP contribution in [0.15, 0.2) is 45.2 Å². The number of benzene rings is 2. The number of amidine groups is 1. The molecule has 33 heavy (non-hydrogen) atoms. The van der Waals surface area contributed by atoms with Gasteiger partial charge in [0.1, 0.15) is 4.90 Å². The number of nitrogens with two attached hydrogens (primary N) is 4. The van der Waals surface area contributed by atoms with Crippen LogP contribution in [0.2, 0.25) is 0 Å². The largest absolute Gasteiger partial charge is 0.382 e. The Morgan fingerprint density at radius 1 is 1.21 bits per heavy atom. The Balaban J connectivity index is 1.99. The average Bonchev–Trinajstić information content (AvgIpc) is 3.17. The molecule has 176 valence electrons. The van der Waals surface area contributed by atoms with Gasteiger partial charge in [0, 0.05) is 10.8 Å². The van der Waals surface area contributed by atoms with E-state index in [0.717, 1.165) is 0 Å². The number of hydrogen-bond acceptors (Lipinski definition) is 9. The summed E-state index contributed by atoms with van der Waals surface area (Å²) in [5.41, 5.74) is 16.3. The van der Waals surface area contributed by atoms with Gasteiger partial charge >= 0.3 is 0 Å². The third-order valence-corrected chi connectivity index (χ3v) is 8.44. The molecule has 0 saturated carbocycles. The van der Waals surface area contributed by atoms with Crippen molar-refractivity contribution >= 4 is 43.6 Å². The third kappa shape index (κ3) is 4.56.